The maximum Gasteiger partial charge on any atom is 0.233 e. The average Bonchev–Trinajstić information content (AvgIpc) is 3.04. The number of amides is 2. The maximum atomic E-state index is 12.0. The summed E-state index contributed by atoms with van der Waals surface area (Å²) in [6.45, 7) is 0.828. The van der Waals surface area contributed by atoms with E-state index < -0.39 is 0 Å². The van der Waals surface area contributed by atoms with Gasteiger partial charge in [-0.05, 0) is 18.0 Å². The van der Waals surface area contributed by atoms with Crippen LogP contribution in [0.1, 0.15) is 5.56 Å². The first-order chi connectivity index (χ1) is 8.24. The fourth-order valence-corrected chi connectivity index (χ4v) is 2.73. The molecule has 2 amide bonds. The molecular weight excluding hydrogens is 216 g/mol. The molecule has 1 aliphatic carbocycles. The molecule has 4 heteroatoms. The number of hydrogen-bond acceptors (Lipinski definition) is 3. The average molecular weight is 230 g/mol. The molecule has 1 aromatic carbocycles. The lowest BCUT2D eigenvalue weighted by molar-refractivity contribution is -0.142. The minimum absolute atomic E-state index is 0.0423. The summed E-state index contributed by atoms with van der Waals surface area (Å²) in [4.78, 5) is 25.3. The van der Waals surface area contributed by atoms with Gasteiger partial charge in [-0.2, -0.15) is 0 Å². The third-order valence-electron chi connectivity index (χ3n) is 3.73. The highest BCUT2D eigenvalue weighted by Gasteiger charge is 2.66. The van der Waals surface area contributed by atoms with Crippen LogP contribution in [0.2, 0.25) is 0 Å². The van der Waals surface area contributed by atoms with Crippen molar-refractivity contribution < 1.29 is 9.59 Å². The van der Waals surface area contributed by atoms with Crippen LogP contribution in [0.5, 0.6) is 0 Å². The molecule has 2 unspecified atom stereocenters. The van der Waals surface area contributed by atoms with Gasteiger partial charge in [0.1, 0.15) is 0 Å². The summed E-state index contributed by atoms with van der Waals surface area (Å²) in [7, 11) is 0. The van der Waals surface area contributed by atoms with E-state index >= 15 is 0 Å². The van der Waals surface area contributed by atoms with Crippen molar-refractivity contribution in [3.63, 3.8) is 0 Å². The monoisotopic (exact) mass is 230 g/mol. The Morgan fingerprint density at radius 3 is 2.18 bits per heavy atom. The number of fused-ring (bicyclic) bond motifs is 1. The van der Waals surface area contributed by atoms with E-state index in [1.807, 2.05) is 30.3 Å². The number of imide groups is 1. The molecule has 2 N–H and O–H groups in total. The molecule has 1 aromatic rings. The Labute approximate surface area is 99.4 Å². The van der Waals surface area contributed by atoms with Crippen molar-refractivity contribution in [2.24, 2.45) is 23.5 Å². The van der Waals surface area contributed by atoms with Gasteiger partial charge in [-0.15, -0.1) is 0 Å². The quantitative estimate of drug-likeness (QED) is 0.763. The lowest BCUT2D eigenvalue weighted by Crippen LogP contribution is -2.35. The van der Waals surface area contributed by atoms with Crippen molar-refractivity contribution >= 4 is 11.8 Å². The predicted octanol–water partition coefficient (Wildman–Crippen LogP) is 0.376. The molecule has 2 atom stereocenters. The van der Waals surface area contributed by atoms with Crippen molar-refractivity contribution in [3.8, 4) is 0 Å². The van der Waals surface area contributed by atoms with Crippen molar-refractivity contribution in [2.75, 3.05) is 6.54 Å². The summed E-state index contributed by atoms with van der Waals surface area (Å²) in [6.07, 6.45) is 0. The van der Waals surface area contributed by atoms with Crippen LogP contribution in [-0.2, 0) is 16.1 Å². The molecule has 0 aromatic heterocycles. The molecule has 3 rings (SSSR count). The van der Waals surface area contributed by atoms with Crippen molar-refractivity contribution in [3.05, 3.63) is 35.9 Å². The number of rotatable bonds is 3. The van der Waals surface area contributed by atoms with Crippen LogP contribution in [0.3, 0.4) is 0 Å². The van der Waals surface area contributed by atoms with Gasteiger partial charge < -0.3 is 5.73 Å². The molecule has 88 valence electrons. The van der Waals surface area contributed by atoms with Crippen LogP contribution >= 0.6 is 0 Å². The lowest BCUT2D eigenvalue weighted by atomic mass is 10.2. The summed E-state index contributed by atoms with van der Waals surface area (Å²) in [5, 5.41) is 0. The number of carbonyl (C=O) groups is 2. The van der Waals surface area contributed by atoms with E-state index in [0.29, 0.717) is 13.1 Å². The molecule has 1 aliphatic heterocycles. The largest absolute Gasteiger partial charge is 0.330 e. The van der Waals surface area contributed by atoms with Gasteiger partial charge in [0.05, 0.1) is 18.4 Å². The van der Waals surface area contributed by atoms with E-state index in [9.17, 15) is 9.59 Å². The predicted molar refractivity (Wildman–Crippen MR) is 61.5 cm³/mol. The van der Waals surface area contributed by atoms with Crippen molar-refractivity contribution in [1.82, 2.24) is 4.90 Å². The normalized spacial score (nSPS) is 30.6. The number of nitrogens with zero attached hydrogens (tertiary/aromatic N) is 1. The van der Waals surface area contributed by atoms with E-state index in [1.54, 1.807) is 0 Å². The highest BCUT2D eigenvalue weighted by molar-refractivity contribution is 6.09. The molecule has 0 radical (unpaired) electrons. The second kappa shape index (κ2) is 3.67. The first kappa shape index (κ1) is 10.5. The van der Waals surface area contributed by atoms with E-state index in [2.05, 4.69) is 0 Å². The third-order valence-corrected chi connectivity index (χ3v) is 3.73. The van der Waals surface area contributed by atoms with E-state index in [4.69, 9.17) is 5.73 Å². The van der Waals surface area contributed by atoms with Crippen molar-refractivity contribution in [1.29, 1.82) is 0 Å². The number of hydrogen-bond donors (Lipinski definition) is 1. The maximum absolute atomic E-state index is 12.0. The first-order valence-electron chi connectivity index (χ1n) is 5.83. The molecule has 2 fully saturated rings. The second-order valence-corrected chi connectivity index (χ2v) is 4.70. The van der Waals surface area contributed by atoms with Gasteiger partial charge in [0, 0.05) is 0 Å². The zero-order valence-corrected chi connectivity index (χ0v) is 9.37. The second-order valence-electron chi connectivity index (χ2n) is 4.70. The molecule has 2 aliphatic rings. The fraction of sp³-hybridized carbons (Fsp3) is 0.385. The summed E-state index contributed by atoms with van der Waals surface area (Å²) in [5.41, 5.74) is 6.51. The van der Waals surface area contributed by atoms with Crippen LogP contribution in [-0.4, -0.2) is 23.3 Å². The summed E-state index contributed by atoms with van der Waals surface area (Å²) in [6, 6.07) is 9.57. The van der Waals surface area contributed by atoms with Crippen LogP contribution < -0.4 is 5.73 Å². The van der Waals surface area contributed by atoms with Gasteiger partial charge in [-0.25, -0.2) is 0 Å². The SMILES string of the molecule is NCC1C2C(=O)N(Cc3ccccc3)C(=O)C12. The van der Waals surface area contributed by atoms with Gasteiger partial charge >= 0.3 is 0 Å². The highest BCUT2D eigenvalue weighted by atomic mass is 16.2. The number of likely N-dealkylation sites (tertiary alicyclic amines) is 1. The summed E-state index contributed by atoms with van der Waals surface area (Å²) >= 11 is 0. The Bertz CT molecular complexity index is 450. The topological polar surface area (TPSA) is 63.4 Å². The third kappa shape index (κ3) is 1.48. The Kier molecular flexibility index (Phi) is 2.26. The van der Waals surface area contributed by atoms with Crippen molar-refractivity contribution in [2.45, 2.75) is 6.54 Å². The molecule has 1 saturated carbocycles. The standard InChI is InChI=1S/C13H14N2O2/c14-6-9-10-11(9)13(17)15(12(10)16)7-8-4-2-1-3-5-8/h1-5,9-11H,6-7,14H2. The smallest absolute Gasteiger partial charge is 0.233 e. The van der Waals surface area contributed by atoms with E-state index in [1.165, 1.54) is 4.90 Å². The Balaban J connectivity index is 1.75. The van der Waals surface area contributed by atoms with Crippen LogP contribution in [0.15, 0.2) is 30.3 Å². The zero-order chi connectivity index (χ0) is 12.0. The lowest BCUT2D eigenvalue weighted by Gasteiger charge is -2.17. The minimum atomic E-state index is -0.129. The molecule has 0 spiro atoms. The zero-order valence-electron chi connectivity index (χ0n) is 9.37. The van der Waals surface area contributed by atoms with Gasteiger partial charge in [0.25, 0.3) is 0 Å². The molecule has 0 bridgehead atoms. The van der Waals surface area contributed by atoms with Gasteiger partial charge in [0.15, 0.2) is 0 Å². The summed E-state index contributed by atoms with van der Waals surface area (Å²) < 4.78 is 0. The highest BCUT2D eigenvalue weighted by Crippen LogP contribution is 2.52. The molecule has 1 saturated heterocycles. The van der Waals surface area contributed by atoms with Gasteiger partial charge in [-0.1, -0.05) is 30.3 Å². The number of carbonyl (C=O) groups excluding carboxylic acids is 2. The Hall–Kier alpha value is -1.68. The van der Waals surface area contributed by atoms with Gasteiger partial charge in [-0.3, -0.25) is 14.5 Å². The number of benzene rings is 1. The van der Waals surface area contributed by atoms with Crippen LogP contribution in [0.4, 0.5) is 0 Å². The molecule has 1 heterocycles. The van der Waals surface area contributed by atoms with Crippen LogP contribution in [0, 0.1) is 17.8 Å². The molecule has 4 nitrogen and oxygen atoms in total. The fourth-order valence-electron chi connectivity index (χ4n) is 2.73. The Morgan fingerprint density at radius 2 is 1.65 bits per heavy atom. The summed E-state index contributed by atoms with van der Waals surface area (Å²) in [5.74, 6) is -0.243. The number of piperidine rings is 1. The Morgan fingerprint density at radius 1 is 1.06 bits per heavy atom. The van der Waals surface area contributed by atoms with E-state index in [-0.39, 0.29) is 29.6 Å². The molecule has 17 heavy (non-hydrogen) atoms. The molecular formula is C13H14N2O2. The van der Waals surface area contributed by atoms with Gasteiger partial charge in [0.2, 0.25) is 11.8 Å². The van der Waals surface area contributed by atoms with Crippen LogP contribution in [0.25, 0.3) is 0 Å². The van der Waals surface area contributed by atoms with E-state index in [0.717, 1.165) is 5.56 Å². The number of nitrogens with two attached hydrogens (primary N) is 1. The first-order valence-corrected chi connectivity index (χ1v) is 5.83. The minimum Gasteiger partial charge on any atom is -0.330 e.